The molecule has 0 spiro atoms. The molecule has 0 atom stereocenters. The Balaban J connectivity index is 2.19. The summed E-state index contributed by atoms with van der Waals surface area (Å²) in [7, 11) is 1.98. The second-order valence-corrected chi connectivity index (χ2v) is 6.97. The Labute approximate surface area is 146 Å². The highest BCUT2D eigenvalue weighted by Crippen LogP contribution is 2.28. The molecular weight excluding hydrogens is 366 g/mol. The predicted octanol–water partition coefficient (Wildman–Crippen LogP) is 2.91. The van der Waals surface area contributed by atoms with Gasteiger partial charge in [0.05, 0.1) is 16.6 Å². The lowest BCUT2D eigenvalue weighted by atomic mass is 10.2. The summed E-state index contributed by atoms with van der Waals surface area (Å²) in [5.74, 6) is 0. The van der Waals surface area contributed by atoms with Crippen LogP contribution in [0.5, 0.6) is 0 Å². The first kappa shape index (κ1) is 14.1. The Kier molecular flexibility index (Phi) is 2.98. The van der Waals surface area contributed by atoms with Crippen LogP contribution in [0.4, 0.5) is 0 Å². The largest absolute Gasteiger partial charge is 0.314 e. The molecule has 24 heavy (non-hydrogen) atoms. The quantitative estimate of drug-likeness (QED) is 0.560. The molecule has 2 aromatic heterocycles. The topological polar surface area (TPSA) is 45.8 Å². The Morgan fingerprint density at radius 2 is 2.12 bits per heavy atom. The van der Waals surface area contributed by atoms with Crippen molar-refractivity contribution >= 4 is 43.3 Å². The number of nitrogens with zero attached hydrogens (tertiary/aromatic N) is 3. The molecule has 1 aliphatic heterocycles. The molecule has 0 bridgehead atoms. The molecule has 0 saturated heterocycles. The van der Waals surface area contributed by atoms with Gasteiger partial charge >= 0.3 is 0 Å². The minimum atomic E-state index is 0.687. The van der Waals surface area contributed by atoms with Crippen LogP contribution in [0.2, 0.25) is 0 Å². The molecule has 4 aromatic rings. The summed E-state index contributed by atoms with van der Waals surface area (Å²) in [5.41, 5.74) is 8.91. The lowest BCUT2D eigenvalue weighted by Gasteiger charge is -2.07. The molecule has 1 aliphatic rings. The molecule has 0 amide bonds. The summed E-state index contributed by atoms with van der Waals surface area (Å²) in [6.07, 6.45) is 0. The maximum absolute atomic E-state index is 4.57. The van der Waals surface area contributed by atoms with Crippen LogP contribution in [0.1, 0.15) is 5.69 Å². The van der Waals surface area contributed by atoms with E-state index >= 15 is 0 Å². The third-order valence-electron chi connectivity index (χ3n) is 4.64. The number of para-hydroxylation sites is 1. The second-order valence-electron chi connectivity index (χ2n) is 6.06. The van der Waals surface area contributed by atoms with E-state index in [0.717, 1.165) is 27.4 Å². The van der Waals surface area contributed by atoms with Gasteiger partial charge in [0.1, 0.15) is 6.67 Å². The number of rotatable bonds is 2. The van der Waals surface area contributed by atoms with E-state index in [4.69, 9.17) is 0 Å². The van der Waals surface area contributed by atoms with E-state index < -0.39 is 0 Å². The predicted molar refractivity (Wildman–Crippen MR) is 99.6 cm³/mol. The lowest BCUT2D eigenvalue weighted by molar-refractivity contribution is 0.659. The molecule has 0 aliphatic carbocycles. The maximum Gasteiger partial charge on any atom is 0.163 e. The fraction of sp³-hybridized carbons (Fsp3) is 0.167. The zero-order valence-electron chi connectivity index (χ0n) is 13.2. The standard InChI is InChI=1S/C18H16BrN5/c1-20-9-13-7-11-3-2-4-14-17(11)24(13)16-8-12(19)5-6-15(16)23-10-21-22-18(14)23/h2-8,20-21H,9-10H2,1H3. The third kappa shape index (κ3) is 1.81. The summed E-state index contributed by atoms with van der Waals surface area (Å²) in [6, 6.07) is 15.1. The third-order valence-corrected chi connectivity index (χ3v) is 5.13. The van der Waals surface area contributed by atoms with Gasteiger partial charge in [-0.25, -0.2) is 0 Å². The Morgan fingerprint density at radius 1 is 1.21 bits per heavy atom. The molecule has 0 radical (unpaired) electrons. The Hall–Kier alpha value is -2.31. The van der Waals surface area contributed by atoms with Crippen LogP contribution in [-0.2, 0) is 13.2 Å². The second kappa shape index (κ2) is 5.09. The van der Waals surface area contributed by atoms with Crippen LogP contribution < -0.4 is 16.2 Å². The number of hydrogen-bond donors (Lipinski definition) is 2. The first-order chi connectivity index (χ1) is 11.8. The summed E-state index contributed by atoms with van der Waals surface area (Å²) in [5, 5.41) is 10.3. The van der Waals surface area contributed by atoms with E-state index in [-0.39, 0.29) is 0 Å². The number of hydrogen-bond acceptors (Lipinski definition) is 3. The minimum absolute atomic E-state index is 0.687. The summed E-state index contributed by atoms with van der Waals surface area (Å²) in [4.78, 5) is 0. The Bertz CT molecular complexity index is 1190. The van der Waals surface area contributed by atoms with E-state index in [1.54, 1.807) is 0 Å². The first-order valence-electron chi connectivity index (χ1n) is 7.94. The highest BCUT2D eigenvalue weighted by Gasteiger charge is 2.16. The summed E-state index contributed by atoms with van der Waals surface area (Å²) < 4.78 is 5.68. The number of fused-ring (bicyclic) bond motifs is 5. The van der Waals surface area contributed by atoms with Crippen LogP contribution in [0.25, 0.3) is 27.3 Å². The highest BCUT2D eigenvalue weighted by molar-refractivity contribution is 9.10. The molecule has 2 N–H and O–H groups in total. The van der Waals surface area contributed by atoms with Crippen LogP contribution in [0.3, 0.4) is 0 Å². The molecule has 5 nitrogen and oxygen atoms in total. The van der Waals surface area contributed by atoms with Crippen LogP contribution in [-0.4, -0.2) is 16.0 Å². The molecule has 5 rings (SSSR count). The van der Waals surface area contributed by atoms with Crippen molar-refractivity contribution in [3.8, 4) is 0 Å². The average Bonchev–Trinajstić information content (AvgIpc) is 3.16. The van der Waals surface area contributed by atoms with Crippen LogP contribution >= 0.6 is 15.9 Å². The van der Waals surface area contributed by atoms with Gasteiger partial charge in [-0.2, -0.15) is 5.10 Å². The molecule has 0 unspecified atom stereocenters. The zero-order chi connectivity index (χ0) is 16.3. The van der Waals surface area contributed by atoms with Gasteiger partial charge in [-0.15, -0.1) is 0 Å². The zero-order valence-corrected chi connectivity index (χ0v) is 14.8. The monoisotopic (exact) mass is 381 g/mol. The van der Waals surface area contributed by atoms with Crippen LogP contribution in [0, 0.1) is 0 Å². The van der Waals surface area contributed by atoms with Crippen molar-refractivity contribution in [2.45, 2.75) is 13.2 Å². The fourth-order valence-corrected chi connectivity index (χ4v) is 4.06. The molecule has 0 saturated carbocycles. The fourth-order valence-electron chi connectivity index (χ4n) is 3.71. The van der Waals surface area contributed by atoms with Crippen LogP contribution in [0.15, 0.2) is 52.0 Å². The Morgan fingerprint density at radius 3 is 3.00 bits per heavy atom. The van der Waals surface area contributed by atoms with E-state index in [1.807, 2.05) is 7.05 Å². The van der Waals surface area contributed by atoms with Gasteiger partial charge in [-0.05, 0) is 37.4 Å². The molecule has 3 heterocycles. The van der Waals surface area contributed by atoms with Gasteiger partial charge < -0.3 is 14.3 Å². The number of aromatic nitrogens is 2. The van der Waals surface area contributed by atoms with Gasteiger partial charge in [-0.1, -0.05) is 28.1 Å². The molecule has 0 fully saturated rings. The van der Waals surface area contributed by atoms with Gasteiger partial charge in [0.25, 0.3) is 0 Å². The van der Waals surface area contributed by atoms with Gasteiger partial charge in [0.15, 0.2) is 5.49 Å². The van der Waals surface area contributed by atoms with E-state index in [1.165, 1.54) is 22.1 Å². The molecule has 2 aromatic carbocycles. The normalized spacial score (nSPS) is 13.4. The van der Waals surface area contributed by atoms with Crippen molar-refractivity contribution in [1.29, 1.82) is 0 Å². The van der Waals surface area contributed by atoms with Gasteiger partial charge in [0, 0.05) is 27.5 Å². The highest BCUT2D eigenvalue weighted by atomic mass is 79.9. The average molecular weight is 382 g/mol. The van der Waals surface area contributed by atoms with Gasteiger partial charge in [-0.3, -0.25) is 5.43 Å². The summed E-state index contributed by atoms with van der Waals surface area (Å²) >= 11 is 3.63. The minimum Gasteiger partial charge on any atom is -0.314 e. The van der Waals surface area contributed by atoms with E-state index in [2.05, 4.69) is 83.2 Å². The molecular formula is C18H16BrN5. The maximum atomic E-state index is 4.57. The van der Waals surface area contributed by atoms with Gasteiger partial charge in [0.2, 0.25) is 0 Å². The van der Waals surface area contributed by atoms with Crippen molar-refractivity contribution in [3.05, 3.63) is 58.1 Å². The van der Waals surface area contributed by atoms with Crippen molar-refractivity contribution in [1.82, 2.24) is 19.7 Å². The number of benzene rings is 2. The first-order valence-corrected chi connectivity index (χ1v) is 8.73. The smallest absolute Gasteiger partial charge is 0.163 e. The van der Waals surface area contributed by atoms with Crippen molar-refractivity contribution in [3.63, 3.8) is 0 Å². The van der Waals surface area contributed by atoms with E-state index in [0.29, 0.717) is 6.67 Å². The number of halogens is 1. The molecule has 120 valence electrons. The van der Waals surface area contributed by atoms with Crippen molar-refractivity contribution in [2.24, 2.45) is 5.10 Å². The SMILES string of the molecule is CNCc1cc2cccc3c4n(c5ccc(Br)cc5n1c23)CNN=4. The summed E-state index contributed by atoms with van der Waals surface area (Å²) in [6.45, 7) is 1.50. The lowest BCUT2D eigenvalue weighted by Crippen LogP contribution is -2.14. The number of nitrogens with one attached hydrogen (secondary N) is 2. The van der Waals surface area contributed by atoms with Crippen molar-refractivity contribution in [2.75, 3.05) is 7.05 Å². The molecule has 6 heteroatoms. The van der Waals surface area contributed by atoms with E-state index in [9.17, 15) is 0 Å². The van der Waals surface area contributed by atoms with Crippen molar-refractivity contribution < 1.29 is 0 Å².